The molecular formula is C16H17N3O3S. The van der Waals surface area contributed by atoms with E-state index in [2.05, 4.69) is 4.40 Å². The fourth-order valence-electron chi connectivity index (χ4n) is 2.45. The second kappa shape index (κ2) is 5.66. The number of aryl methyl sites for hydroxylation is 1. The number of fused-ring (bicyclic) bond motifs is 1. The molecule has 2 aliphatic rings. The molecule has 0 aliphatic carbocycles. The molecule has 0 N–H and O–H groups in total. The minimum atomic E-state index is -3.51. The number of likely N-dealkylation sites (N-methyl/N-ethyl adjacent to an activating group) is 1. The summed E-state index contributed by atoms with van der Waals surface area (Å²) in [4.78, 5) is 16.0. The van der Waals surface area contributed by atoms with Gasteiger partial charge in [0.15, 0.2) is 5.84 Å². The zero-order valence-electron chi connectivity index (χ0n) is 12.9. The average molecular weight is 331 g/mol. The molecule has 2 aliphatic heterocycles. The maximum absolute atomic E-state index is 12.8. The fourth-order valence-corrected chi connectivity index (χ4v) is 3.43. The Morgan fingerprint density at radius 1 is 1.26 bits per heavy atom. The van der Waals surface area contributed by atoms with Crippen LogP contribution in [-0.2, 0) is 14.8 Å². The Balaban J connectivity index is 1.95. The van der Waals surface area contributed by atoms with Gasteiger partial charge in [-0.3, -0.25) is 4.79 Å². The van der Waals surface area contributed by atoms with Crippen molar-refractivity contribution in [3.63, 3.8) is 0 Å². The largest absolute Gasteiger partial charge is 0.331 e. The molecule has 7 heteroatoms. The number of hydrogen-bond donors (Lipinski definition) is 0. The predicted molar refractivity (Wildman–Crippen MR) is 89.7 cm³/mol. The highest BCUT2D eigenvalue weighted by molar-refractivity contribution is 7.90. The number of carbonyl (C=O) groups is 1. The summed E-state index contributed by atoms with van der Waals surface area (Å²) in [5, 5.41) is 0. The first-order chi connectivity index (χ1) is 10.9. The van der Waals surface area contributed by atoms with E-state index >= 15 is 0 Å². The molecule has 6 nitrogen and oxygen atoms in total. The van der Waals surface area contributed by atoms with E-state index in [1.54, 1.807) is 30.3 Å². The summed E-state index contributed by atoms with van der Waals surface area (Å²) in [5.74, 6) is -0.141. The van der Waals surface area contributed by atoms with Crippen molar-refractivity contribution < 1.29 is 13.2 Å². The summed E-state index contributed by atoms with van der Waals surface area (Å²) >= 11 is 0. The Morgan fingerprint density at radius 2 is 1.96 bits per heavy atom. The van der Waals surface area contributed by atoms with Gasteiger partial charge in [0.25, 0.3) is 15.9 Å². The Kier molecular flexibility index (Phi) is 3.81. The lowest BCUT2D eigenvalue weighted by Crippen LogP contribution is -2.42. The average Bonchev–Trinajstić information content (AvgIpc) is 2.53. The van der Waals surface area contributed by atoms with Crippen LogP contribution in [0.25, 0.3) is 0 Å². The van der Waals surface area contributed by atoms with Gasteiger partial charge in [0.1, 0.15) is 0 Å². The topological polar surface area (TPSA) is 70.1 Å². The van der Waals surface area contributed by atoms with Crippen molar-refractivity contribution in [1.82, 2.24) is 4.90 Å². The Bertz CT molecular complexity index is 836. The molecule has 120 valence electrons. The van der Waals surface area contributed by atoms with Crippen molar-refractivity contribution in [2.45, 2.75) is 6.92 Å². The molecule has 0 aromatic heterocycles. The van der Waals surface area contributed by atoms with E-state index in [0.29, 0.717) is 6.54 Å². The van der Waals surface area contributed by atoms with Crippen molar-refractivity contribution in [3.05, 3.63) is 53.8 Å². The van der Waals surface area contributed by atoms with Gasteiger partial charge in [0, 0.05) is 25.5 Å². The van der Waals surface area contributed by atoms with E-state index in [1.807, 2.05) is 31.2 Å². The first-order valence-corrected chi connectivity index (χ1v) is 8.81. The zero-order valence-corrected chi connectivity index (χ0v) is 13.7. The quantitative estimate of drug-likeness (QED) is 0.822. The molecular weight excluding hydrogens is 314 g/mol. The third-order valence-electron chi connectivity index (χ3n) is 3.81. The van der Waals surface area contributed by atoms with Gasteiger partial charge in [0.2, 0.25) is 0 Å². The number of benzene rings is 1. The van der Waals surface area contributed by atoms with E-state index in [4.69, 9.17) is 0 Å². The summed E-state index contributed by atoms with van der Waals surface area (Å²) in [5.41, 5.74) is 2.11. The molecule has 2 heterocycles. The van der Waals surface area contributed by atoms with Crippen LogP contribution in [0.15, 0.2) is 52.6 Å². The monoisotopic (exact) mass is 331 g/mol. The number of amidine groups is 1. The molecule has 1 aromatic carbocycles. The van der Waals surface area contributed by atoms with Gasteiger partial charge in [-0.25, -0.2) is 8.42 Å². The van der Waals surface area contributed by atoms with E-state index in [0.717, 1.165) is 11.3 Å². The van der Waals surface area contributed by atoms with Crippen LogP contribution in [0.5, 0.6) is 0 Å². The number of rotatable bonds is 2. The summed E-state index contributed by atoms with van der Waals surface area (Å²) in [6.45, 7) is 2.27. The van der Waals surface area contributed by atoms with E-state index in [9.17, 15) is 13.2 Å². The first kappa shape index (κ1) is 15.5. The number of hydrogen-bond acceptors (Lipinski definition) is 4. The summed E-state index contributed by atoms with van der Waals surface area (Å²) in [6, 6.07) is 7.54. The van der Waals surface area contributed by atoms with Gasteiger partial charge in [-0.2, -0.15) is 0 Å². The molecule has 0 bridgehead atoms. The molecule has 23 heavy (non-hydrogen) atoms. The van der Waals surface area contributed by atoms with Gasteiger partial charge in [-0.1, -0.05) is 17.7 Å². The maximum atomic E-state index is 12.8. The highest BCUT2D eigenvalue weighted by atomic mass is 32.2. The second-order valence-electron chi connectivity index (χ2n) is 5.52. The fraction of sp³-hybridized carbons (Fsp3) is 0.250. The van der Waals surface area contributed by atoms with E-state index in [-0.39, 0.29) is 23.1 Å². The van der Waals surface area contributed by atoms with Gasteiger partial charge in [0.05, 0.1) is 11.3 Å². The Hall–Kier alpha value is -2.41. The van der Waals surface area contributed by atoms with Gasteiger partial charge >= 0.3 is 0 Å². The molecule has 0 saturated carbocycles. The van der Waals surface area contributed by atoms with Crippen LogP contribution in [0.1, 0.15) is 5.56 Å². The number of nitrogens with zero attached hydrogens (tertiary/aromatic N) is 3. The van der Waals surface area contributed by atoms with Crippen molar-refractivity contribution >= 4 is 27.5 Å². The molecule has 1 aromatic rings. The van der Waals surface area contributed by atoms with Crippen LogP contribution in [-0.4, -0.2) is 44.4 Å². The molecule has 3 rings (SSSR count). The van der Waals surface area contributed by atoms with Crippen LogP contribution in [0.4, 0.5) is 5.69 Å². The smallest absolute Gasteiger partial charge is 0.261 e. The highest BCUT2D eigenvalue weighted by Gasteiger charge is 2.31. The number of amides is 1. The van der Waals surface area contributed by atoms with Crippen molar-refractivity contribution in [2.75, 3.05) is 24.2 Å². The van der Waals surface area contributed by atoms with Gasteiger partial charge in [-0.05, 0) is 31.2 Å². The maximum Gasteiger partial charge on any atom is 0.261 e. The zero-order chi connectivity index (χ0) is 16.6. The summed E-state index contributed by atoms with van der Waals surface area (Å²) in [7, 11) is -1.85. The first-order valence-electron chi connectivity index (χ1n) is 7.20. The molecule has 0 unspecified atom stereocenters. The SMILES string of the molecule is Cc1ccc(N(C)C(=O)C2=CC=CN3CCS(=O)(=O)N=C23)cc1. The lowest BCUT2D eigenvalue weighted by molar-refractivity contribution is -0.114. The van der Waals surface area contributed by atoms with Crippen LogP contribution < -0.4 is 4.90 Å². The number of allylic oxidation sites excluding steroid dienone is 2. The third kappa shape index (κ3) is 3.05. The number of carbonyl (C=O) groups excluding carboxylic acids is 1. The molecule has 0 fully saturated rings. The highest BCUT2D eigenvalue weighted by Crippen LogP contribution is 2.22. The standard InChI is InChI=1S/C16H17N3O3S/c1-12-5-7-13(8-6-12)18(2)16(20)14-4-3-9-19-10-11-23(21,22)17-15(14)19/h3-9H,10-11H2,1-2H3. The van der Waals surface area contributed by atoms with E-state index in [1.165, 1.54) is 4.90 Å². The molecule has 0 atom stereocenters. The molecule has 1 amide bonds. The van der Waals surface area contributed by atoms with E-state index < -0.39 is 10.0 Å². The van der Waals surface area contributed by atoms with Crippen LogP contribution >= 0.6 is 0 Å². The summed E-state index contributed by atoms with van der Waals surface area (Å²) in [6.07, 6.45) is 5.06. The predicted octanol–water partition coefficient (Wildman–Crippen LogP) is 1.46. The van der Waals surface area contributed by atoms with Crippen LogP contribution in [0.3, 0.4) is 0 Å². The Labute approximate surface area is 135 Å². The number of anilines is 1. The minimum Gasteiger partial charge on any atom is -0.331 e. The normalized spacial score (nSPS) is 18.8. The van der Waals surface area contributed by atoms with Crippen molar-refractivity contribution in [1.29, 1.82) is 0 Å². The third-order valence-corrected chi connectivity index (χ3v) is 4.96. The number of sulfonamides is 1. The van der Waals surface area contributed by atoms with Crippen LogP contribution in [0.2, 0.25) is 0 Å². The van der Waals surface area contributed by atoms with Gasteiger partial charge < -0.3 is 9.80 Å². The van der Waals surface area contributed by atoms with Crippen molar-refractivity contribution in [2.24, 2.45) is 4.40 Å². The minimum absolute atomic E-state index is 0.0455. The lowest BCUT2D eigenvalue weighted by Gasteiger charge is -2.30. The molecule has 0 radical (unpaired) electrons. The molecule has 0 saturated heterocycles. The second-order valence-corrected chi connectivity index (χ2v) is 7.27. The molecule has 0 spiro atoms. The van der Waals surface area contributed by atoms with Gasteiger partial charge in [-0.15, -0.1) is 4.40 Å². The van der Waals surface area contributed by atoms with Crippen molar-refractivity contribution in [3.8, 4) is 0 Å². The lowest BCUT2D eigenvalue weighted by atomic mass is 10.1. The van der Waals surface area contributed by atoms with Crippen LogP contribution in [0, 0.1) is 6.92 Å². The Morgan fingerprint density at radius 3 is 2.65 bits per heavy atom. The summed E-state index contributed by atoms with van der Waals surface area (Å²) < 4.78 is 27.3.